The monoisotopic (exact) mass is 370 g/mol. The fourth-order valence-electron chi connectivity index (χ4n) is 4.33. The van der Waals surface area contributed by atoms with Crippen molar-refractivity contribution in [2.75, 3.05) is 38.7 Å². The van der Waals surface area contributed by atoms with Gasteiger partial charge < -0.3 is 20.0 Å². The van der Waals surface area contributed by atoms with Crippen LogP contribution in [0.3, 0.4) is 0 Å². The first-order chi connectivity index (χ1) is 12.9. The van der Waals surface area contributed by atoms with Gasteiger partial charge in [0.25, 0.3) is 5.91 Å². The number of likely N-dealkylation sites (tertiary alicyclic amines) is 1. The largest absolute Gasteiger partial charge is 0.396 e. The number of aliphatic hydroxyl groups is 2. The minimum absolute atomic E-state index is 0.0302. The summed E-state index contributed by atoms with van der Waals surface area (Å²) in [7, 11) is 3.99. The summed E-state index contributed by atoms with van der Waals surface area (Å²) in [6, 6.07) is 11.8. The lowest BCUT2D eigenvalue weighted by Gasteiger charge is -2.45. The number of carbonyl (C=O) groups excluding carboxylic acids is 1. The fourth-order valence-corrected chi connectivity index (χ4v) is 4.33. The van der Waals surface area contributed by atoms with Gasteiger partial charge in [0.1, 0.15) is 0 Å². The Balaban J connectivity index is 1.98. The molecule has 3 rings (SSSR count). The molecule has 2 aromatic carbocycles. The highest BCUT2D eigenvalue weighted by atomic mass is 16.3. The second-order valence-electron chi connectivity index (χ2n) is 7.87. The third kappa shape index (κ3) is 3.54. The van der Waals surface area contributed by atoms with E-state index in [-0.39, 0.29) is 12.5 Å². The number of piperidine rings is 1. The molecule has 0 spiro atoms. The number of hydrogen-bond donors (Lipinski definition) is 2. The average Bonchev–Trinajstić information content (AvgIpc) is 2.68. The Morgan fingerprint density at radius 1 is 1.22 bits per heavy atom. The highest BCUT2D eigenvalue weighted by Crippen LogP contribution is 2.36. The van der Waals surface area contributed by atoms with E-state index in [0.29, 0.717) is 31.5 Å². The first-order valence-corrected chi connectivity index (χ1v) is 9.71. The molecule has 0 aromatic heterocycles. The van der Waals surface area contributed by atoms with Gasteiger partial charge in [0.2, 0.25) is 0 Å². The van der Waals surface area contributed by atoms with Crippen molar-refractivity contribution in [1.29, 1.82) is 0 Å². The molecule has 1 aliphatic rings. The molecule has 2 aromatic rings. The van der Waals surface area contributed by atoms with E-state index < -0.39 is 11.5 Å². The van der Waals surface area contributed by atoms with Crippen molar-refractivity contribution >= 4 is 22.4 Å². The number of aliphatic hydroxyl groups excluding tert-OH is 2. The van der Waals surface area contributed by atoms with Gasteiger partial charge >= 0.3 is 0 Å². The zero-order chi connectivity index (χ0) is 19.6. The minimum Gasteiger partial charge on any atom is -0.396 e. The Morgan fingerprint density at radius 3 is 2.56 bits per heavy atom. The van der Waals surface area contributed by atoms with Crippen LogP contribution in [0.1, 0.15) is 36.5 Å². The normalized spacial score (nSPS) is 22.9. The maximum atomic E-state index is 13.4. The van der Waals surface area contributed by atoms with Crippen LogP contribution in [0.25, 0.3) is 10.8 Å². The van der Waals surface area contributed by atoms with Crippen LogP contribution in [0.2, 0.25) is 0 Å². The van der Waals surface area contributed by atoms with E-state index in [1.807, 2.05) is 62.3 Å². The van der Waals surface area contributed by atoms with Gasteiger partial charge in [-0.25, -0.2) is 0 Å². The maximum Gasteiger partial charge on any atom is 0.254 e. The van der Waals surface area contributed by atoms with Gasteiger partial charge in [0, 0.05) is 49.2 Å². The lowest BCUT2D eigenvalue weighted by Crippen LogP contribution is -2.55. The van der Waals surface area contributed by atoms with Crippen LogP contribution in [0.15, 0.2) is 36.4 Å². The van der Waals surface area contributed by atoms with Gasteiger partial charge in [-0.2, -0.15) is 0 Å². The minimum atomic E-state index is -0.623. The van der Waals surface area contributed by atoms with E-state index in [1.165, 1.54) is 0 Å². The molecule has 0 saturated carbocycles. The second kappa shape index (κ2) is 7.87. The predicted octanol–water partition coefficient (Wildman–Crippen LogP) is 2.89. The number of benzene rings is 2. The van der Waals surface area contributed by atoms with Crippen LogP contribution < -0.4 is 4.90 Å². The lowest BCUT2D eigenvalue weighted by atomic mass is 9.74. The van der Waals surface area contributed by atoms with E-state index in [4.69, 9.17) is 0 Å². The van der Waals surface area contributed by atoms with E-state index in [1.54, 1.807) is 4.90 Å². The third-order valence-electron chi connectivity index (χ3n) is 5.85. The molecule has 2 atom stereocenters. The summed E-state index contributed by atoms with van der Waals surface area (Å²) in [4.78, 5) is 17.2. The van der Waals surface area contributed by atoms with Crippen LogP contribution in [-0.2, 0) is 0 Å². The standard InChI is InChI=1S/C22H30N2O3/c1-4-12-22(15-25)14-24(13-11-20(22)26)21(27)18-9-10-19(23(2)3)17-8-6-5-7-16(17)18/h5-10,20,25-26H,4,11-15H2,1-3H3/t20-,22-/m0/s1. The predicted molar refractivity (Wildman–Crippen MR) is 109 cm³/mol. The molecule has 1 fully saturated rings. The van der Waals surface area contributed by atoms with E-state index in [9.17, 15) is 15.0 Å². The van der Waals surface area contributed by atoms with Gasteiger partial charge in [-0.05, 0) is 30.4 Å². The summed E-state index contributed by atoms with van der Waals surface area (Å²) in [6.45, 7) is 2.83. The van der Waals surface area contributed by atoms with Crippen molar-refractivity contribution in [2.24, 2.45) is 5.41 Å². The Hall–Kier alpha value is -2.11. The number of nitrogens with zero attached hydrogens (tertiary/aromatic N) is 2. The number of anilines is 1. The molecule has 146 valence electrons. The second-order valence-corrected chi connectivity index (χ2v) is 7.87. The smallest absolute Gasteiger partial charge is 0.254 e. The average molecular weight is 370 g/mol. The van der Waals surface area contributed by atoms with Crippen molar-refractivity contribution < 1.29 is 15.0 Å². The molecular weight excluding hydrogens is 340 g/mol. The van der Waals surface area contributed by atoms with Gasteiger partial charge in [0.05, 0.1) is 12.7 Å². The van der Waals surface area contributed by atoms with Crippen molar-refractivity contribution in [1.82, 2.24) is 4.90 Å². The van der Waals surface area contributed by atoms with Crippen LogP contribution in [-0.4, -0.2) is 60.9 Å². The molecular formula is C22H30N2O3. The topological polar surface area (TPSA) is 64.0 Å². The first-order valence-electron chi connectivity index (χ1n) is 9.71. The molecule has 0 radical (unpaired) electrons. The van der Waals surface area contributed by atoms with E-state index in [0.717, 1.165) is 22.9 Å². The van der Waals surface area contributed by atoms with Gasteiger partial charge in [-0.1, -0.05) is 37.6 Å². The third-order valence-corrected chi connectivity index (χ3v) is 5.85. The highest BCUT2D eigenvalue weighted by molar-refractivity contribution is 6.10. The molecule has 5 heteroatoms. The highest BCUT2D eigenvalue weighted by Gasteiger charge is 2.43. The molecule has 2 N–H and O–H groups in total. The molecule has 0 aliphatic carbocycles. The summed E-state index contributed by atoms with van der Waals surface area (Å²) in [5.41, 5.74) is 1.13. The molecule has 1 saturated heterocycles. The van der Waals surface area contributed by atoms with Crippen LogP contribution in [0.5, 0.6) is 0 Å². The molecule has 5 nitrogen and oxygen atoms in total. The number of carbonyl (C=O) groups is 1. The van der Waals surface area contributed by atoms with Crippen molar-refractivity contribution in [3.8, 4) is 0 Å². The summed E-state index contributed by atoms with van der Waals surface area (Å²) in [6.07, 6.45) is 1.49. The molecule has 1 heterocycles. The lowest BCUT2D eigenvalue weighted by molar-refractivity contribution is -0.0719. The number of hydrogen-bond acceptors (Lipinski definition) is 4. The summed E-state index contributed by atoms with van der Waals surface area (Å²) in [5.74, 6) is -0.0302. The number of rotatable bonds is 5. The molecule has 1 amide bonds. The van der Waals surface area contributed by atoms with Crippen LogP contribution in [0, 0.1) is 5.41 Å². The fraction of sp³-hybridized carbons (Fsp3) is 0.500. The van der Waals surface area contributed by atoms with E-state index in [2.05, 4.69) is 0 Å². The van der Waals surface area contributed by atoms with Crippen LogP contribution in [0.4, 0.5) is 5.69 Å². The summed E-state index contributed by atoms with van der Waals surface area (Å²) >= 11 is 0. The van der Waals surface area contributed by atoms with Crippen molar-refractivity contribution in [2.45, 2.75) is 32.3 Å². The molecule has 0 unspecified atom stereocenters. The number of amides is 1. The Labute approximate surface area is 161 Å². The van der Waals surface area contributed by atoms with Crippen LogP contribution >= 0.6 is 0 Å². The summed E-state index contributed by atoms with van der Waals surface area (Å²) < 4.78 is 0. The quantitative estimate of drug-likeness (QED) is 0.849. The van der Waals surface area contributed by atoms with Gasteiger partial charge in [0.15, 0.2) is 0 Å². The first kappa shape index (κ1) is 19.6. The van der Waals surface area contributed by atoms with Crippen molar-refractivity contribution in [3.63, 3.8) is 0 Å². The van der Waals surface area contributed by atoms with Gasteiger partial charge in [-0.15, -0.1) is 0 Å². The number of fused-ring (bicyclic) bond motifs is 1. The Bertz CT molecular complexity index is 820. The van der Waals surface area contributed by atoms with Crippen molar-refractivity contribution in [3.05, 3.63) is 42.0 Å². The maximum absolute atomic E-state index is 13.4. The van der Waals surface area contributed by atoms with Gasteiger partial charge in [-0.3, -0.25) is 4.79 Å². The molecule has 0 bridgehead atoms. The Morgan fingerprint density at radius 2 is 1.93 bits per heavy atom. The molecule has 1 aliphatic heterocycles. The molecule has 27 heavy (non-hydrogen) atoms. The van der Waals surface area contributed by atoms with E-state index >= 15 is 0 Å². The zero-order valence-corrected chi connectivity index (χ0v) is 16.5. The SMILES string of the molecule is CCC[C@@]1(CO)CN(C(=O)c2ccc(N(C)C)c3ccccc23)CC[C@@H]1O. The summed E-state index contributed by atoms with van der Waals surface area (Å²) in [5, 5.41) is 22.4. The zero-order valence-electron chi connectivity index (χ0n) is 16.5. The Kier molecular flexibility index (Phi) is 5.72.